The van der Waals surface area contributed by atoms with Crippen molar-refractivity contribution in [3.05, 3.63) is 40.9 Å². The zero-order chi connectivity index (χ0) is 22.4. The van der Waals surface area contributed by atoms with Crippen molar-refractivity contribution in [2.24, 2.45) is 11.8 Å². The molecule has 2 aliphatic heterocycles. The Morgan fingerprint density at radius 1 is 1.06 bits per heavy atom. The minimum absolute atomic E-state index is 0.123. The molecule has 2 N–H and O–H groups in total. The fourth-order valence-corrected chi connectivity index (χ4v) is 6.33. The van der Waals surface area contributed by atoms with Crippen LogP contribution < -0.4 is 4.74 Å². The predicted molar refractivity (Wildman–Crippen MR) is 125 cm³/mol. The average Bonchev–Trinajstić information content (AvgIpc) is 3.05. The molecular formula is C26H32ClNO4. The van der Waals surface area contributed by atoms with Crippen LogP contribution in [0.25, 0.3) is 10.8 Å². The first kappa shape index (κ1) is 22.0. The number of carboxylic acid groups (broad SMARTS) is 1. The summed E-state index contributed by atoms with van der Waals surface area (Å²) in [6.07, 6.45) is 7.16. The molecule has 0 aromatic heterocycles. The van der Waals surface area contributed by atoms with Gasteiger partial charge < -0.3 is 14.9 Å². The van der Waals surface area contributed by atoms with Gasteiger partial charge in [0.2, 0.25) is 0 Å². The van der Waals surface area contributed by atoms with Gasteiger partial charge in [-0.2, -0.15) is 0 Å². The molecule has 3 atom stereocenters. The van der Waals surface area contributed by atoms with Crippen LogP contribution in [0.15, 0.2) is 30.3 Å². The van der Waals surface area contributed by atoms with Gasteiger partial charge in [0.05, 0.1) is 17.0 Å². The second-order valence-electron chi connectivity index (χ2n) is 10.1. The van der Waals surface area contributed by atoms with E-state index in [1.54, 1.807) is 0 Å². The maximum Gasteiger partial charge on any atom is 0.306 e. The van der Waals surface area contributed by atoms with Crippen LogP contribution in [0.2, 0.25) is 5.02 Å². The number of ether oxygens (including phenoxy) is 1. The Morgan fingerprint density at radius 2 is 1.75 bits per heavy atom. The number of rotatable bonds is 5. The Hall–Kier alpha value is -1.82. The van der Waals surface area contributed by atoms with Crippen LogP contribution in [-0.4, -0.2) is 39.3 Å². The van der Waals surface area contributed by atoms with E-state index in [1.165, 1.54) is 12.8 Å². The molecule has 0 radical (unpaired) electrons. The van der Waals surface area contributed by atoms with Crippen molar-refractivity contribution in [1.29, 1.82) is 0 Å². The molecule has 0 amide bonds. The highest BCUT2D eigenvalue weighted by atomic mass is 35.5. The van der Waals surface area contributed by atoms with Gasteiger partial charge in [0.15, 0.2) is 0 Å². The fraction of sp³-hybridized carbons (Fsp3) is 0.577. The Morgan fingerprint density at radius 3 is 2.41 bits per heavy atom. The molecule has 2 aromatic carbocycles. The highest BCUT2D eigenvalue weighted by molar-refractivity contribution is 6.37. The lowest BCUT2D eigenvalue weighted by Crippen LogP contribution is -2.46. The normalized spacial score (nSPS) is 31.5. The molecule has 2 aromatic rings. The van der Waals surface area contributed by atoms with Crippen molar-refractivity contribution in [2.45, 2.75) is 82.7 Å². The summed E-state index contributed by atoms with van der Waals surface area (Å²) in [7, 11) is 0. The van der Waals surface area contributed by atoms with Gasteiger partial charge in [0, 0.05) is 17.5 Å². The highest BCUT2D eigenvalue weighted by Gasteiger charge is 2.45. The summed E-state index contributed by atoms with van der Waals surface area (Å²) in [5.74, 6) is 0.507. The molecule has 2 saturated heterocycles. The number of halogens is 1. The molecule has 172 valence electrons. The Labute approximate surface area is 194 Å². The topological polar surface area (TPSA) is 70.0 Å². The maximum absolute atomic E-state index is 11.5. The fourth-order valence-electron chi connectivity index (χ4n) is 6.06. The van der Waals surface area contributed by atoms with Crippen LogP contribution in [0.3, 0.4) is 0 Å². The smallest absolute Gasteiger partial charge is 0.306 e. The number of aliphatic hydroxyl groups excluding tert-OH is 1. The van der Waals surface area contributed by atoms with Gasteiger partial charge in [-0.1, -0.05) is 36.7 Å². The van der Waals surface area contributed by atoms with Crippen LogP contribution >= 0.6 is 11.6 Å². The molecule has 5 nitrogen and oxygen atoms in total. The number of benzene rings is 2. The van der Waals surface area contributed by atoms with Gasteiger partial charge >= 0.3 is 5.97 Å². The van der Waals surface area contributed by atoms with Gasteiger partial charge in [-0.25, -0.2) is 0 Å². The molecule has 2 bridgehead atoms. The molecule has 3 fully saturated rings. The number of hydrogen-bond acceptors (Lipinski definition) is 4. The van der Waals surface area contributed by atoms with Crippen molar-refractivity contribution in [2.75, 3.05) is 0 Å². The second kappa shape index (κ2) is 8.85. The molecule has 1 saturated carbocycles. The predicted octanol–water partition coefficient (Wildman–Crippen LogP) is 5.77. The largest absolute Gasteiger partial charge is 0.489 e. The van der Waals surface area contributed by atoms with Crippen LogP contribution in [0.5, 0.6) is 5.75 Å². The van der Waals surface area contributed by atoms with E-state index in [4.69, 9.17) is 16.3 Å². The van der Waals surface area contributed by atoms with Crippen molar-refractivity contribution in [3.63, 3.8) is 0 Å². The summed E-state index contributed by atoms with van der Waals surface area (Å²) >= 11 is 6.72. The van der Waals surface area contributed by atoms with Crippen molar-refractivity contribution in [1.82, 2.24) is 4.90 Å². The Kier molecular flexibility index (Phi) is 6.08. The standard InChI is InChI=1S/C26H32ClNO4/c1-15-2-8-21(9-3-15)32-23-11-5-16-12-17(4-10-22(16)24(23)27)25(29)28-19-6-7-20(28)14-18(13-19)26(30)31/h4-5,10-12,15,18-21,25,29H,2-3,6-9,13-14H2,1H3,(H,30,31). The molecule has 0 spiro atoms. The average molecular weight is 458 g/mol. The van der Waals surface area contributed by atoms with E-state index in [9.17, 15) is 15.0 Å². The number of fused-ring (bicyclic) bond motifs is 3. The number of nitrogens with zero attached hydrogens (tertiary/aromatic N) is 1. The second-order valence-corrected chi connectivity index (χ2v) is 10.4. The van der Waals surface area contributed by atoms with E-state index in [1.807, 2.05) is 30.3 Å². The van der Waals surface area contributed by atoms with Crippen molar-refractivity contribution >= 4 is 28.3 Å². The van der Waals surface area contributed by atoms with Crippen LogP contribution in [-0.2, 0) is 4.79 Å². The van der Waals surface area contributed by atoms with E-state index in [-0.39, 0.29) is 24.1 Å². The van der Waals surface area contributed by atoms with E-state index in [2.05, 4.69) is 11.8 Å². The molecule has 32 heavy (non-hydrogen) atoms. The summed E-state index contributed by atoms with van der Waals surface area (Å²) in [4.78, 5) is 13.6. The maximum atomic E-state index is 11.5. The van der Waals surface area contributed by atoms with E-state index in [0.29, 0.717) is 17.9 Å². The summed E-state index contributed by atoms with van der Waals surface area (Å²) < 4.78 is 6.24. The summed E-state index contributed by atoms with van der Waals surface area (Å²) in [5.41, 5.74) is 0.828. The van der Waals surface area contributed by atoms with E-state index < -0.39 is 12.2 Å². The molecule has 5 rings (SSSR count). The lowest BCUT2D eigenvalue weighted by Gasteiger charge is -2.40. The van der Waals surface area contributed by atoms with Crippen LogP contribution in [0.1, 0.15) is 70.1 Å². The molecule has 3 aliphatic rings. The van der Waals surface area contributed by atoms with Crippen molar-refractivity contribution < 1.29 is 19.7 Å². The number of piperidine rings is 1. The zero-order valence-electron chi connectivity index (χ0n) is 18.5. The summed E-state index contributed by atoms with van der Waals surface area (Å²) in [6, 6.07) is 10.1. The van der Waals surface area contributed by atoms with Crippen LogP contribution in [0, 0.1) is 11.8 Å². The Bertz CT molecular complexity index is 989. The molecule has 6 heteroatoms. The molecule has 3 unspecified atom stereocenters. The van der Waals surface area contributed by atoms with Gasteiger partial charge in [-0.15, -0.1) is 0 Å². The first-order valence-corrected chi connectivity index (χ1v) is 12.4. The third-order valence-corrected chi connectivity index (χ3v) is 8.31. The van der Waals surface area contributed by atoms with Gasteiger partial charge in [0.25, 0.3) is 0 Å². The number of aliphatic hydroxyl groups is 1. The number of aliphatic carboxylic acids is 1. The summed E-state index contributed by atoms with van der Waals surface area (Å²) in [5, 5.41) is 23.1. The first-order chi connectivity index (χ1) is 15.4. The molecular weight excluding hydrogens is 426 g/mol. The van der Waals surface area contributed by atoms with Crippen LogP contribution in [0.4, 0.5) is 0 Å². The lowest BCUT2D eigenvalue weighted by molar-refractivity contribution is -0.147. The van der Waals surface area contributed by atoms with Gasteiger partial charge in [-0.05, 0) is 80.4 Å². The molecule has 1 aliphatic carbocycles. The number of hydrogen-bond donors (Lipinski definition) is 2. The van der Waals surface area contributed by atoms with Gasteiger partial charge in [-0.3, -0.25) is 9.69 Å². The lowest BCUT2D eigenvalue weighted by atomic mass is 9.89. The number of carbonyl (C=O) groups is 1. The minimum atomic E-state index is -0.731. The Balaban J connectivity index is 1.34. The monoisotopic (exact) mass is 457 g/mol. The van der Waals surface area contributed by atoms with E-state index in [0.717, 1.165) is 53.7 Å². The minimum Gasteiger partial charge on any atom is -0.489 e. The van der Waals surface area contributed by atoms with E-state index >= 15 is 0 Å². The quantitative estimate of drug-likeness (QED) is 0.596. The summed E-state index contributed by atoms with van der Waals surface area (Å²) in [6.45, 7) is 2.30. The molecule has 2 heterocycles. The zero-order valence-corrected chi connectivity index (χ0v) is 19.3. The highest BCUT2D eigenvalue weighted by Crippen LogP contribution is 2.44. The third kappa shape index (κ3) is 4.11. The third-order valence-electron chi connectivity index (χ3n) is 7.92. The van der Waals surface area contributed by atoms with Crippen molar-refractivity contribution in [3.8, 4) is 5.75 Å². The number of carboxylic acids is 1. The first-order valence-electron chi connectivity index (χ1n) is 12.0. The SMILES string of the molecule is CC1CCC(Oc2ccc3cc(C(O)N4C5CCC4CC(C(=O)O)C5)ccc3c2Cl)CC1. The van der Waals surface area contributed by atoms with Gasteiger partial charge in [0.1, 0.15) is 12.0 Å².